The average molecular weight is 707 g/mol. The molecule has 0 amide bonds. The van der Waals surface area contributed by atoms with Gasteiger partial charge in [-0.2, -0.15) is 0 Å². The largest absolute Gasteiger partial charge is 0.355 e. The molecule has 1 N–H and O–H groups in total. The number of benzene rings is 7. The van der Waals surface area contributed by atoms with Gasteiger partial charge in [-0.05, 0) is 129 Å². The van der Waals surface area contributed by atoms with Gasteiger partial charge in [0.25, 0.3) is 0 Å². The normalized spacial score (nSPS) is 18.2. The molecular weight excluding hydrogens is 665 g/mol. The van der Waals surface area contributed by atoms with Crippen molar-refractivity contribution in [3.05, 3.63) is 218 Å². The van der Waals surface area contributed by atoms with E-state index in [4.69, 9.17) is 0 Å². The zero-order chi connectivity index (χ0) is 37.3. The maximum absolute atomic E-state index is 4.41. The molecule has 264 valence electrons. The molecule has 0 aliphatic carbocycles. The zero-order valence-electron chi connectivity index (χ0n) is 31.2. The summed E-state index contributed by atoms with van der Waals surface area (Å²) in [6.45, 7) is 8.83. The van der Waals surface area contributed by atoms with Crippen LogP contribution in [0.4, 0.5) is 17.1 Å². The molecular formula is C53H42N2. The van der Waals surface area contributed by atoms with Crippen molar-refractivity contribution >= 4 is 33.4 Å². The number of anilines is 3. The number of hydrogen-bond donors (Lipinski definition) is 1. The number of rotatable bonds is 3. The molecule has 0 fully saturated rings. The Kier molecular flexibility index (Phi) is 8.94. The van der Waals surface area contributed by atoms with Crippen LogP contribution >= 0.6 is 0 Å². The van der Waals surface area contributed by atoms with Crippen molar-refractivity contribution in [2.45, 2.75) is 19.9 Å². The lowest BCUT2D eigenvalue weighted by Gasteiger charge is -2.27. The first-order valence-electron chi connectivity index (χ1n) is 19.0. The minimum atomic E-state index is 0.0418. The fraction of sp³-hybridized carbons (Fsp3) is 0.0566. The van der Waals surface area contributed by atoms with Gasteiger partial charge in [-0.3, -0.25) is 0 Å². The maximum Gasteiger partial charge on any atom is 0.0497 e. The highest BCUT2D eigenvalue weighted by Gasteiger charge is 2.18. The predicted octanol–water partition coefficient (Wildman–Crippen LogP) is 14.4. The van der Waals surface area contributed by atoms with E-state index < -0.39 is 0 Å². The maximum atomic E-state index is 4.41. The average Bonchev–Trinajstić information content (AvgIpc) is 3.25. The van der Waals surface area contributed by atoms with Crippen LogP contribution in [-0.2, 0) is 0 Å². The number of nitrogens with one attached hydrogen (secondary N) is 1. The number of para-hydroxylation sites is 1. The summed E-state index contributed by atoms with van der Waals surface area (Å²) in [6, 6.07) is 57.3. The summed E-state index contributed by atoms with van der Waals surface area (Å²) in [4.78, 5) is 2.34. The molecule has 7 aromatic rings. The van der Waals surface area contributed by atoms with E-state index in [1.165, 1.54) is 49.7 Å². The zero-order valence-corrected chi connectivity index (χ0v) is 31.2. The van der Waals surface area contributed by atoms with E-state index in [1.54, 1.807) is 0 Å². The number of nitrogens with zero attached hydrogens (tertiary/aromatic N) is 1. The van der Waals surface area contributed by atoms with Crippen molar-refractivity contribution in [3.8, 4) is 44.5 Å². The standard InChI is InChI=1S/C53H42N2/c1-36-13-10-11-30-55(47-27-24-40(25-28-47)42-23-22-39-14-4-5-15-41(39)33-42)38(3)32-46(31-37(36)2)43-26-29-53-51(35-43)45-17-12-16-44(34-45)48-18-6-7-19-49(48)50-20-8-9-21-52(50)54-53/h4-35,38,54H,1H2,2-3H3/b13-10-,30-11-,37-31+,46-32+. The van der Waals surface area contributed by atoms with Gasteiger partial charge in [0.1, 0.15) is 0 Å². The molecule has 0 saturated heterocycles. The molecule has 2 aliphatic heterocycles. The van der Waals surface area contributed by atoms with E-state index in [-0.39, 0.29) is 6.04 Å². The Labute approximate surface area is 324 Å². The summed E-state index contributed by atoms with van der Waals surface area (Å²) in [7, 11) is 0. The Morgan fingerprint density at radius 3 is 2.04 bits per heavy atom. The van der Waals surface area contributed by atoms with Crippen LogP contribution in [0.25, 0.3) is 60.9 Å². The third-order valence-electron chi connectivity index (χ3n) is 10.9. The third-order valence-corrected chi connectivity index (χ3v) is 10.9. The second-order valence-corrected chi connectivity index (χ2v) is 14.5. The van der Waals surface area contributed by atoms with Gasteiger partial charge in [0.05, 0.1) is 0 Å². The minimum absolute atomic E-state index is 0.0418. The molecule has 2 aliphatic rings. The van der Waals surface area contributed by atoms with Crippen molar-refractivity contribution in [1.82, 2.24) is 0 Å². The summed E-state index contributed by atoms with van der Waals surface area (Å²) < 4.78 is 0. The lowest BCUT2D eigenvalue weighted by molar-refractivity contribution is 0.859. The van der Waals surface area contributed by atoms with E-state index in [0.717, 1.165) is 44.9 Å². The van der Waals surface area contributed by atoms with Crippen molar-refractivity contribution in [2.24, 2.45) is 0 Å². The smallest absolute Gasteiger partial charge is 0.0497 e. The van der Waals surface area contributed by atoms with Crippen molar-refractivity contribution in [1.29, 1.82) is 0 Å². The first-order valence-corrected chi connectivity index (χ1v) is 19.0. The van der Waals surface area contributed by atoms with E-state index in [9.17, 15) is 0 Å². The van der Waals surface area contributed by atoms with Crippen LogP contribution in [0.1, 0.15) is 19.4 Å². The van der Waals surface area contributed by atoms with Gasteiger partial charge in [0.15, 0.2) is 0 Å². The van der Waals surface area contributed by atoms with Gasteiger partial charge in [0, 0.05) is 40.4 Å². The highest BCUT2D eigenvalue weighted by molar-refractivity contribution is 5.96. The Bertz CT molecular complexity index is 2720. The van der Waals surface area contributed by atoms with Gasteiger partial charge in [-0.1, -0.05) is 146 Å². The number of allylic oxidation sites excluding steroid dienone is 7. The Morgan fingerprint density at radius 2 is 1.20 bits per heavy atom. The fourth-order valence-corrected chi connectivity index (χ4v) is 7.86. The molecule has 0 saturated carbocycles. The molecule has 0 spiro atoms. The highest BCUT2D eigenvalue weighted by atomic mass is 15.1. The number of fused-ring (bicyclic) bond motifs is 9. The molecule has 55 heavy (non-hydrogen) atoms. The first kappa shape index (κ1) is 33.9. The quantitative estimate of drug-likeness (QED) is 0.197. The van der Waals surface area contributed by atoms with Crippen LogP contribution in [-0.4, -0.2) is 6.04 Å². The van der Waals surface area contributed by atoms with Crippen molar-refractivity contribution in [3.63, 3.8) is 0 Å². The first-order chi connectivity index (χ1) is 27.0. The Balaban J connectivity index is 1.13. The topological polar surface area (TPSA) is 15.3 Å². The van der Waals surface area contributed by atoms with Crippen LogP contribution in [0.5, 0.6) is 0 Å². The van der Waals surface area contributed by atoms with Gasteiger partial charge < -0.3 is 10.2 Å². The molecule has 2 bridgehead atoms. The molecule has 2 heteroatoms. The summed E-state index contributed by atoms with van der Waals surface area (Å²) in [5.41, 5.74) is 17.3. The molecule has 1 atom stereocenters. The van der Waals surface area contributed by atoms with Crippen LogP contribution in [0.2, 0.25) is 0 Å². The summed E-state index contributed by atoms with van der Waals surface area (Å²) in [5.74, 6) is 0. The van der Waals surface area contributed by atoms with E-state index in [1.807, 2.05) is 0 Å². The van der Waals surface area contributed by atoms with Crippen LogP contribution in [0.15, 0.2) is 212 Å². The molecule has 1 unspecified atom stereocenters. The lowest BCUT2D eigenvalue weighted by Crippen LogP contribution is -2.26. The second kappa shape index (κ2) is 14.5. The monoisotopic (exact) mass is 706 g/mol. The van der Waals surface area contributed by atoms with Crippen molar-refractivity contribution < 1.29 is 0 Å². The SMILES string of the molecule is C=C1/C=C\C=C/N(c2ccc(-c3ccc4ccccc4c3)cc2)C(C)/C=C(c2ccc3c(c2)-c2cccc(c2)-c2ccccc2-c2ccccc2N3)\C=C\1C. The van der Waals surface area contributed by atoms with Crippen LogP contribution < -0.4 is 10.2 Å². The van der Waals surface area contributed by atoms with Gasteiger partial charge in [-0.25, -0.2) is 0 Å². The molecule has 0 aromatic heterocycles. The lowest BCUT2D eigenvalue weighted by atomic mass is 9.89. The minimum Gasteiger partial charge on any atom is -0.355 e. The van der Waals surface area contributed by atoms with Crippen LogP contribution in [0, 0.1) is 0 Å². The summed E-state index contributed by atoms with van der Waals surface area (Å²) in [5, 5.41) is 6.35. The molecule has 2 nitrogen and oxygen atoms in total. The summed E-state index contributed by atoms with van der Waals surface area (Å²) in [6.07, 6.45) is 13.1. The third kappa shape index (κ3) is 6.75. The van der Waals surface area contributed by atoms with E-state index in [0.29, 0.717) is 0 Å². The molecule has 0 radical (unpaired) electrons. The van der Waals surface area contributed by atoms with E-state index >= 15 is 0 Å². The number of hydrogen-bond acceptors (Lipinski definition) is 2. The van der Waals surface area contributed by atoms with E-state index in [2.05, 4.69) is 225 Å². The fourth-order valence-electron chi connectivity index (χ4n) is 7.86. The highest BCUT2D eigenvalue weighted by Crippen LogP contribution is 2.43. The molecule has 7 aromatic carbocycles. The van der Waals surface area contributed by atoms with Crippen LogP contribution in [0.3, 0.4) is 0 Å². The second-order valence-electron chi connectivity index (χ2n) is 14.5. The summed E-state index contributed by atoms with van der Waals surface area (Å²) >= 11 is 0. The molecule has 2 heterocycles. The van der Waals surface area contributed by atoms with Gasteiger partial charge >= 0.3 is 0 Å². The molecule has 9 rings (SSSR count). The van der Waals surface area contributed by atoms with Gasteiger partial charge in [-0.15, -0.1) is 0 Å². The van der Waals surface area contributed by atoms with Crippen molar-refractivity contribution in [2.75, 3.05) is 10.2 Å². The predicted molar refractivity (Wildman–Crippen MR) is 237 cm³/mol. The van der Waals surface area contributed by atoms with Gasteiger partial charge in [0.2, 0.25) is 0 Å². The Morgan fingerprint density at radius 1 is 0.527 bits per heavy atom. The Hall–Kier alpha value is -6.90.